The smallest absolute Gasteiger partial charge is 0.253 e. The number of amides is 1. The molecule has 0 aliphatic carbocycles. The van der Waals surface area contributed by atoms with Crippen LogP contribution in [0.5, 0.6) is 17.2 Å². The number of hydrogen-bond donors (Lipinski definition) is 0. The maximum Gasteiger partial charge on any atom is 0.253 e. The molecule has 0 N–H and O–H groups in total. The number of ether oxygens (including phenoxy) is 3. The van der Waals surface area contributed by atoms with Gasteiger partial charge in [0.15, 0.2) is 11.5 Å². The zero-order valence-electron chi connectivity index (χ0n) is 14.9. The van der Waals surface area contributed by atoms with Crippen molar-refractivity contribution in [3.05, 3.63) is 59.2 Å². The van der Waals surface area contributed by atoms with Crippen LogP contribution in [0, 0.1) is 0 Å². The van der Waals surface area contributed by atoms with E-state index in [-0.39, 0.29) is 25.3 Å². The Labute approximate surface area is 152 Å². The quantitative estimate of drug-likeness (QED) is 0.844. The van der Waals surface area contributed by atoms with Crippen molar-refractivity contribution < 1.29 is 19.0 Å². The van der Waals surface area contributed by atoms with Crippen LogP contribution in [-0.4, -0.2) is 30.2 Å². The van der Waals surface area contributed by atoms with E-state index < -0.39 is 0 Å². The first kappa shape index (κ1) is 16.5. The summed E-state index contributed by atoms with van der Waals surface area (Å²) >= 11 is 0. The van der Waals surface area contributed by atoms with E-state index in [1.807, 2.05) is 67.3 Å². The maximum atomic E-state index is 13.2. The van der Waals surface area contributed by atoms with Crippen molar-refractivity contribution in [2.24, 2.45) is 0 Å². The number of para-hydroxylation sites is 2. The average Bonchev–Trinajstić information content (AvgIpc) is 3.14. The van der Waals surface area contributed by atoms with Gasteiger partial charge in [-0.3, -0.25) is 4.79 Å². The van der Waals surface area contributed by atoms with Crippen molar-refractivity contribution in [2.45, 2.75) is 26.4 Å². The molecular formula is C21H21NO4. The Morgan fingerprint density at radius 2 is 1.85 bits per heavy atom. The third-order valence-electron chi connectivity index (χ3n) is 4.61. The third-order valence-corrected chi connectivity index (χ3v) is 4.61. The van der Waals surface area contributed by atoms with E-state index in [9.17, 15) is 4.79 Å². The van der Waals surface area contributed by atoms with Gasteiger partial charge in [0, 0.05) is 17.2 Å². The monoisotopic (exact) mass is 351 g/mol. The zero-order chi connectivity index (χ0) is 18.1. The topological polar surface area (TPSA) is 48.0 Å². The molecule has 5 heteroatoms. The van der Waals surface area contributed by atoms with Crippen LogP contribution in [0.2, 0.25) is 0 Å². The fraction of sp³-hybridized carbons (Fsp3) is 0.286. The Morgan fingerprint density at radius 3 is 2.69 bits per heavy atom. The Bertz CT molecular complexity index is 872. The van der Waals surface area contributed by atoms with Crippen LogP contribution in [0.3, 0.4) is 0 Å². The molecule has 2 aromatic carbocycles. The molecule has 0 radical (unpaired) electrons. The molecule has 2 heterocycles. The molecule has 4 rings (SSSR count). The minimum atomic E-state index is -0.0222. The van der Waals surface area contributed by atoms with Crippen LogP contribution in [-0.2, 0) is 11.3 Å². The van der Waals surface area contributed by atoms with Gasteiger partial charge in [-0.25, -0.2) is 0 Å². The lowest BCUT2D eigenvalue weighted by molar-refractivity contribution is -0.129. The molecule has 26 heavy (non-hydrogen) atoms. The second-order valence-corrected chi connectivity index (χ2v) is 6.67. The van der Waals surface area contributed by atoms with E-state index in [0.29, 0.717) is 12.1 Å². The van der Waals surface area contributed by atoms with Gasteiger partial charge in [0.1, 0.15) is 12.4 Å². The molecule has 0 saturated carbocycles. The first-order valence-electron chi connectivity index (χ1n) is 8.74. The number of hydrogen-bond acceptors (Lipinski definition) is 4. The van der Waals surface area contributed by atoms with Gasteiger partial charge in [-0.2, -0.15) is 0 Å². The van der Waals surface area contributed by atoms with Crippen molar-refractivity contribution in [1.29, 1.82) is 0 Å². The van der Waals surface area contributed by atoms with Crippen molar-refractivity contribution >= 4 is 12.0 Å². The van der Waals surface area contributed by atoms with E-state index in [4.69, 9.17) is 14.2 Å². The highest BCUT2D eigenvalue weighted by Gasteiger charge is 2.26. The third kappa shape index (κ3) is 3.01. The summed E-state index contributed by atoms with van der Waals surface area (Å²) in [5.74, 6) is 2.25. The van der Waals surface area contributed by atoms with Crippen LogP contribution in [0.15, 0.2) is 48.0 Å². The summed E-state index contributed by atoms with van der Waals surface area (Å²) in [4.78, 5) is 15.0. The van der Waals surface area contributed by atoms with Crippen LogP contribution >= 0.6 is 0 Å². The highest BCUT2D eigenvalue weighted by Crippen LogP contribution is 2.36. The van der Waals surface area contributed by atoms with Crippen LogP contribution in [0.4, 0.5) is 0 Å². The van der Waals surface area contributed by atoms with Gasteiger partial charge in [-0.15, -0.1) is 0 Å². The Balaban J connectivity index is 1.61. The van der Waals surface area contributed by atoms with E-state index in [1.165, 1.54) is 0 Å². The molecule has 0 saturated heterocycles. The molecule has 0 unspecified atom stereocenters. The first-order valence-corrected chi connectivity index (χ1v) is 8.74. The molecule has 0 fully saturated rings. The van der Waals surface area contributed by atoms with Crippen molar-refractivity contribution in [1.82, 2.24) is 4.90 Å². The minimum Gasteiger partial charge on any atom is -0.488 e. The van der Waals surface area contributed by atoms with E-state index in [1.54, 1.807) is 0 Å². The predicted octanol–water partition coefficient (Wildman–Crippen LogP) is 3.63. The summed E-state index contributed by atoms with van der Waals surface area (Å²) in [6.07, 6.45) is 1.92. The number of carbonyl (C=O) groups excluding carboxylic acids is 1. The lowest BCUT2D eigenvalue weighted by atomic mass is 10.1. The number of carbonyl (C=O) groups is 1. The molecule has 134 valence electrons. The number of rotatable bonds is 4. The summed E-state index contributed by atoms with van der Waals surface area (Å²) in [6.45, 7) is 4.98. The van der Waals surface area contributed by atoms with Gasteiger partial charge >= 0.3 is 0 Å². The molecule has 2 aromatic rings. The molecule has 1 amide bonds. The predicted molar refractivity (Wildman–Crippen MR) is 98.2 cm³/mol. The molecule has 0 aromatic heterocycles. The van der Waals surface area contributed by atoms with E-state index >= 15 is 0 Å². The number of benzene rings is 2. The van der Waals surface area contributed by atoms with Crippen LogP contribution in [0.1, 0.15) is 25.0 Å². The second kappa shape index (κ2) is 6.75. The van der Waals surface area contributed by atoms with Crippen LogP contribution < -0.4 is 14.2 Å². The van der Waals surface area contributed by atoms with E-state index in [2.05, 4.69) is 0 Å². The highest BCUT2D eigenvalue weighted by atomic mass is 16.7. The molecule has 2 aliphatic heterocycles. The molecule has 0 atom stereocenters. The van der Waals surface area contributed by atoms with Gasteiger partial charge in [-0.05, 0) is 32.1 Å². The summed E-state index contributed by atoms with van der Waals surface area (Å²) in [5.41, 5.74) is 2.53. The molecule has 2 aliphatic rings. The standard InChI is InChI=1S/C21H21NO4/c1-14(2)22(11-16-7-5-9-19-20(16)26-13-25-19)21(23)17-10-15-6-3-4-8-18(15)24-12-17/h3-10,14H,11-13H2,1-2H3. The Hall–Kier alpha value is -2.95. The summed E-state index contributed by atoms with van der Waals surface area (Å²) < 4.78 is 16.8. The number of nitrogens with zero attached hydrogens (tertiary/aromatic N) is 1. The van der Waals surface area contributed by atoms with E-state index in [0.717, 1.165) is 28.4 Å². The number of fused-ring (bicyclic) bond motifs is 2. The fourth-order valence-electron chi connectivity index (χ4n) is 3.21. The normalized spacial score (nSPS) is 14.5. The van der Waals surface area contributed by atoms with Gasteiger partial charge in [0.2, 0.25) is 6.79 Å². The van der Waals surface area contributed by atoms with Gasteiger partial charge in [0.05, 0.1) is 12.1 Å². The van der Waals surface area contributed by atoms with Crippen molar-refractivity contribution in [3.8, 4) is 17.2 Å². The molecule has 5 nitrogen and oxygen atoms in total. The fourth-order valence-corrected chi connectivity index (χ4v) is 3.21. The van der Waals surface area contributed by atoms with Gasteiger partial charge < -0.3 is 19.1 Å². The largest absolute Gasteiger partial charge is 0.488 e. The minimum absolute atomic E-state index is 0.0222. The first-order chi connectivity index (χ1) is 12.6. The summed E-state index contributed by atoms with van der Waals surface area (Å²) in [7, 11) is 0. The second-order valence-electron chi connectivity index (χ2n) is 6.67. The molecule has 0 spiro atoms. The average molecular weight is 351 g/mol. The lowest BCUT2D eigenvalue weighted by Gasteiger charge is -2.29. The highest BCUT2D eigenvalue weighted by molar-refractivity contribution is 5.99. The molecular weight excluding hydrogens is 330 g/mol. The van der Waals surface area contributed by atoms with Crippen molar-refractivity contribution in [2.75, 3.05) is 13.4 Å². The molecule has 0 bridgehead atoms. The SMILES string of the molecule is CC(C)N(Cc1cccc2c1OCO2)C(=O)C1=Cc2ccccc2OC1. The Kier molecular flexibility index (Phi) is 4.29. The zero-order valence-corrected chi connectivity index (χ0v) is 14.9. The Morgan fingerprint density at radius 1 is 1.04 bits per heavy atom. The van der Waals surface area contributed by atoms with Crippen molar-refractivity contribution in [3.63, 3.8) is 0 Å². The summed E-state index contributed by atoms with van der Waals surface area (Å²) in [6, 6.07) is 13.5. The van der Waals surface area contributed by atoms with Gasteiger partial charge in [-0.1, -0.05) is 30.3 Å². The lowest BCUT2D eigenvalue weighted by Crippen LogP contribution is -2.38. The maximum absolute atomic E-state index is 13.2. The van der Waals surface area contributed by atoms with Crippen LogP contribution in [0.25, 0.3) is 6.08 Å². The summed E-state index contributed by atoms with van der Waals surface area (Å²) in [5, 5.41) is 0. The van der Waals surface area contributed by atoms with Gasteiger partial charge in [0.25, 0.3) is 5.91 Å².